The van der Waals surface area contributed by atoms with Gasteiger partial charge in [0.2, 0.25) is 5.91 Å². The molecule has 0 spiro atoms. The number of halogens is 1. The molecule has 46 heavy (non-hydrogen) atoms. The number of aromatic nitrogens is 1. The van der Waals surface area contributed by atoms with Gasteiger partial charge in [0.25, 0.3) is 11.8 Å². The molecular weight excluding hydrogens is 581 g/mol. The minimum atomic E-state index is -0.692. The minimum absolute atomic E-state index is 0.0202. The van der Waals surface area contributed by atoms with E-state index >= 15 is 0 Å². The van der Waals surface area contributed by atoms with Gasteiger partial charge in [0.15, 0.2) is 0 Å². The fourth-order valence-electron chi connectivity index (χ4n) is 7.02. The van der Waals surface area contributed by atoms with Crippen molar-refractivity contribution in [3.05, 3.63) is 101 Å². The Hall–Kier alpha value is -5.02. The number of aromatic amines is 1. The van der Waals surface area contributed by atoms with Gasteiger partial charge in [0.05, 0.1) is 16.5 Å². The third-order valence-corrected chi connectivity index (χ3v) is 9.97. The first kappa shape index (κ1) is 29.7. The van der Waals surface area contributed by atoms with Crippen LogP contribution >= 0.6 is 0 Å². The van der Waals surface area contributed by atoms with Gasteiger partial charge in [-0.3, -0.25) is 14.4 Å². The Balaban J connectivity index is 1.28. The Morgan fingerprint density at radius 3 is 2.33 bits per heavy atom. The maximum Gasteiger partial charge on any atom is 0.254 e. The Kier molecular flexibility index (Phi) is 7.36. The predicted octanol–water partition coefficient (Wildman–Crippen LogP) is 5.98. The van der Waals surface area contributed by atoms with Gasteiger partial charge < -0.3 is 25.8 Å². The summed E-state index contributed by atoms with van der Waals surface area (Å²) in [5, 5.41) is 4.86. The molecule has 1 aliphatic carbocycles. The molecule has 0 bridgehead atoms. The van der Waals surface area contributed by atoms with Gasteiger partial charge >= 0.3 is 0 Å². The summed E-state index contributed by atoms with van der Waals surface area (Å²) in [4.78, 5) is 47.2. The molecule has 2 aliphatic rings. The lowest BCUT2D eigenvalue weighted by Gasteiger charge is -2.40. The number of hydrogen-bond donors (Lipinski definition) is 3. The number of carbonyl (C=O) groups is 3. The summed E-state index contributed by atoms with van der Waals surface area (Å²) in [5.74, 6) is -1.01. The molecule has 1 aliphatic heterocycles. The largest absolute Gasteiger partial charge is 0.366 e. The SMILES string of the molecule is Cc1c(NC(=O)C2(c3ccc(F)cc3)CCC2)cccc1-c1ccc(C(N)=O)c2[nH]c3cc(C(=O)N4CCN(C)CC4)ccc3c12. The first-order valence-corrected chi connectivity index (χ1v) is 15.7. The van der Waals surface area contributed by atoms with Crippen LogP contribution in [0.15, 0.2) is 72.8 Å². The third-order valence-electron chi connectivity index (χ3n) is 9.97. The lowest BCUT2D eigenvalue weighted by Crippen LogP contribution is -2.47. The topological polar surface area (TPSA) is 112 Å². The van der Waals surface area contributed by atoms with Gasteiger partial charge in [-0.1, -0.05) is 42.8 Å². The van der Waals surface area contributed by atoms with Crippen LogP contribution in [0.3, 0.4) is 0 Å². The lowest BCUT2D eigenvalue weighted by atomic mass is 9.63. The minimum Gasteiger partial charge on any atom is -0.366 e. The summed E-state index contributed by atoms with van der Waals surface area (Å²) >= 11 is 0. The van der Waals surface area contributed by atoms with Crippen LogP contribution in [0.5, 0.6) is 0 Å². The van der Waals surface area contributed by atoms with E-state index < -0.39 is 11.3 Å². The summed E-state index contributed by atoms with van der Waals surface area (Å²) in [5.41, 5.74) is 11.5. The molecule has 4 aromatic carbocycles. The van der Waals surface area contributed by atoms with E-state index in [1.54, 1.807) is 18.2 Å². The number of piperazine rings is 1. The Morgan fingerprint density at radius 1 is 0.913 bits per heavy atom. The summed E-state index contributed by atoms with van der Waals surface area (Å²) in [6.07, 6.45) is 2.33. The van der Waals surface area contributed by atoms with E-state index in [1.165, 1.54) is 12.1 Å². The molecule has 4 N–H and O–H groups in total. The van der Waals surface area contributed by atoms with Gasteiger partial charge in [-0.15, -0.1) is 0 Å². The molecule has 3 amide bonds. The van der Waals surface area contributed by atoms with E-state index in [0.717, 1.165) is 58.1 Å². The molecular formula is C37H36FN5O3. The molecule has 7 rings (SSSR count). The number of H-pyrrole nitrogens is 1. The molecule has 2 heterocycles. The standard InChI is InChI=1S/C37H36FN5O3/c1-22-26(5-3-6-30(22)41-36(46)37(15-4-16-37)24-8-10-25(38)11-9-24)27-13-14-29(34(39)44)33-32(27)28-12-7-23(21-31(28)40-33)35(45)43-19-17-42(2)18-20-43/h3,5-14,21,40H,4,15-20H2,1-2H3,(H2,39,44)(H,41,46). The maximum absolute atomic E-state index is 13.8. The molecule has 9 heteroatoms. The van der Waals surface area contributed by atoms with Crippen LogP contribution in [0.25, 0.3) is 32.9 Å². The summed E-state index contributed by atoms with van der Waals surface area (Å²) in [7, 11) is 2.05. The van der Waals surface area contributed by atoms with Crippen LogP contribution in [0, 0.1) is 12.7 Å². The van der Waals surface area contributed by atoms with Crippen molar-refractivity contribution in [1.29, 1.82) is 0 Å². The molecule has 1 aromatic heterocycles. The van der Waals surface area contributed by atoms with E-state index in [4.69, 9.17) is 5.73 Å². The van der Waals surface area contributed by atoms with Gasteiger partial charge in [-0.2, -0.15) is 0 Å². The normalized spacial score (nSPS) is 16.4. The molecule has 1 saturated heterocycles. The van der Waals surface area contributed by atoms with E-state index in [2.05, 4.69) is 22.2 Å². The number of carbonyl (C=O) groups excluding carboxylic acids is 3. The number of fused-ring (bicyclic) bond motifs is 3. The smallest absolute Gasteiger partial charge is 0.254 e. The number of amides is 3. The zero-order valence-corrected chi connectivity index (χ0v) is 26.0. The maximum atomic E-state index is 13.8. The van der Waals surface area contributed by atoms with Crippen LogP contribution in [-0.4, -0.2) is 65.7 Å². The number of rotatable bonds is 6. The fraction of sp³-hybridized carbons (Fsp3) is 0.270. The van der Waals surface area contributed by atoms with E-state index in [0.29, 0.717) is 48.3 Å². The Morgan fingerprint density at radius 2 is 1.65 bits per heavy atom. The highest BCUT2D eigenvalue weighted by Crippen LogP contribution is 2.45. The van der Waals surface area contributed by atoms with Crippen molar-refractivity contribution in [3.63, 3.8) is 0 Å². The van der Waals surface area contributed by atoms with Crippen LogP contribution in [-0.2, 0) is 10.2 Å². The summed E-state index contributed by atoms with van der Waals surface area (Å²) < 4.78 is 13.7. The van der Waals surface area contributed by atoms with Crippen molar-refractivity contribution in [1.82, 2.24) is 14.8 Å². The zero-order chi connectivity index (χ0) is 32.2. The highest BCUT2D eigenvalue weighted by Gasteiger charge is 2.45. The third kappa shape index (κ3) is 4.91. The number of nitrogens with one attached hydrogen (secondary N) is 2. The van der Waals surface area contributed by atoms with Crippen molar-refractivity contribution >= 4 is 45.2 Å². The number of likely N-dealkylation sites (N-methyl/N-ethyl adjacent to an activating group) is 1. The molecule has 0 atom stereocenters. The number of primary amides is 1. The number of benzene rings is 4. The summed E-state index contributed by atoms with van der Waals surface area (Å²) in [6, 6.07) is 21.2. The van der Waals surface area contributed by atoms with Crippen LogP contribution in [0.2, 0.25) is 0 Å². The Labute approximate surface area is 266 Å². The first-order chi connectivity index (χ1) is 22.2. The number of nitrogens with zero attached hydrogens (tertiary/aromatic N) is 2. The zero-order valence-electron chi connectivity index (χ0n) is 26.0. The highest BCUT2D eigenvalue weighted by atomic mass is 19.1. The van der Waals surface area contributed by atoms with Crippen molar-refractivity contribution in [2.75, 3.05) is 38.5 Å². The quantitative estimate of drug-likeness (QED) is 0.218. The molecule has 2 fully saturated rings. The second-order valence-electron chi connectivity index (χ2n) is 12.6. The van der Waals surface area contributed by atoms with Crippen molar-refractivity contribution in [3.8, 4) is 11.1 Å². The molecule has 5 aromatic rings. The lowest BCUT2D eigenvalue weighted by molar-refractivity contribution is -0.124. The van der Waals surface area contributed by atoms with Gasteiger partial charge in [-0.25, -0.2) is 4.39 Å². The average molecular weight is 618 g/mol. The second kappa shape index (κ2) is 11.4. The van der Waals surface area contributed by atoms with Crippen molar-refractivity contribution in [2.24, 2.45) is 5.73 Å². The first-order valence-electron chi connectivity index (χ1n) is 15.7. The van der Waals surface area contributed by atoms with Crippen LogP contribution < -0.4 is 11.1 Å². The fourth-order valence-corrected chi connectivity index (χ4v) is 7.02. The van der Waals surface area contributed by atoms with E-state index in [1.807, 2.05) is 54.3 Å². The molecule has 1 saturated carbocycles. The molecule has 8 nitrogen and oxygen atoms in total. The molecule has 234 valence electrons. The number of hydrogen-bond acceptors (Lipinski definition) is 4. The highest BCUT2D eigenvalue weighted by molar-refractivity contribution is 6.20. The van der Waals surface area contributed by atoms with E-state index in [9.17, 15) is 18.8 Å². The average Bonchev–Trinajstić information content (AvgIpc) is 3.41. The van der Waals surface area contributed by atoms with Crippen LogP contribution in [0.4, 0.5) is 10.1 Å². The number of anilines is 1. The summed E-state index contributed by atoms with van der Waals surface area (Å²) in [6.45, 7) is 4.97. The monoisotopic (exact) mass is 617 g/mol. The Bertz CT molecular complexity index is 2020. The number of nitrogens with two attached hydrogens (primary N) is 1. The van der Waals surface area contributed by atoms with Crippen molar-refractivity contribution in [2.45, 2.75) is 31.6 Å². The van der Waals surface area contributed by atoms with Crippen molar-refractivity contribution < 1.29 is 18.8 Å². The second-order valence-corrected chi connectivity index (χ2v) is 12.6. The van der Waals surface area contributed by atoms with Gasteiger partial charge in [0.1, 0.15) is 5.82 Å². The van der Waals surface area contributed by atoms with Gasteiger partial charge in [0, 0.05) is 53.7 Å². The van der Waals surface area contributed by atoms with Crippen LogP contribution in [0.1, 0.15) is 51.1 Å². The predicted molar refractivity (Wildman–Crippen MR) is 178 cm³/mol. The van der Waals surface area contributed by atoms with Gasteiger partial charge in [-0.05, 0) is 85.5 Å². The molecule has 0 unspecified atom stereocenters. The molecule has 0 radical (unpaired) electrons. The van der Waals surface area contributed by atoms with E-state index in [-0.39, 0.29) is 17.6 Å².